The van der Waals surface area contributed by atoms with Gasteiger partial charge in [-0.2, -0.15) is 11.8 Å². The number of carbonyl (C=O) groups is 1. The summed E-state index contributed by atoms with van der Waals surface area (Å²) >= 11 is 1.96. The molecule has 5 nitrogen and oxygen atoms in total. The first-order valence-electron chi connectivity index (χ1n) is 5.90. The van der Waals surface area contributed by atoms with E-state index in [1.54, 1.807) is 6.20 Å². The lowest BCUT2D eigenvalue weighted by molar-refractivity contribution is -0.0780. The van der Waals surface area contributed by atoms with E-state index in [0.717, 1.165) is 37.9 Å². The number of nitrogens with zero attached hydrogens (tertiary/aromatic N) is 3. The quantitative estimate of drug-likeness (QED) is 0.744. The van der Waals surface area contributed by atoms with Crippen LogP contribution in [0.2, 0.25) is 0 Å². The van der Waals surface area contributed by atoms with E-state index in [0.29, 0.717) is 11.7 Å². The van der Waals surface area contributed by atoms with Crippen molar-refractivity contribution in [2.75, 3.05) is 18.1 Å². The Hall–Kier alpha value is -0.880. The predicted molar refractivity (Wildman–Crippen MR) is 64.3 cm³/mol. The zero-order chi connectivity index (χ0) is 11.7. The van der Waals surface area contributed by atoms with E-state index >= 15 is 0 Å². The topological polar surface area (TPSA) is 57.0 Å². The Balaban J connectivity index is 1.77. The molecule has 0 bridgehead atoms. The van der Waals surface area contributed by atoms with Crippen LogP contribution in [0.1, 0.15) is 35.8 Å². The third-order valence-electron chi connectivity index (χ3n) is 3.56. The lowest BCUT2D eigenvalue weighted by Gasteiger charge is -2.37. The molecule has 2 fully saturated rings. The third kappa shape index (κ3) is 2.11. The van der Waals surface area contributed by atoms with Gasteiger partial charge in [0.15, 0.2) is 6.29 Å². The van der Waals surface area contributed by atoms with E-state index in [1.165, 1.54) is 5.75 Å². The van der Waals surface area contributed by atoms with Crippen molar-refractivity contribution in [3.63, 3.8) is 0 Å². The smallest absolute Gasteiger partial charge is 0.171 e. The van der Waals surface area contributed by atoms with Crippen LogP contribution in [0, 0.1) is 0 Å². The second-order valence-corrected chi connectivity index (χ2v) is 5.83. The van der Waals surface area contributed by atoms with Gasteiger partial charge in [-0.05, 0) is 25.0 Å². The van der Waals surface area contributed by atoms with Crippen LogP contribution in [0.5, 0.6) is 0 Å². The Morgan fingerprint density at radius 3 is 3.29 bits per heavy atom. The minimum absolute atomic E-state index is 0.0425. The van der Waals surface area contributed by atoms with Crippen molar-refractivity contribution in [2.45, 2.75) is 30.9 Å². The van der Waals surface area contributed by atoms with Gasteiger partial charge >= 0.3 is 0 Å². The Kier molecular flexibility index (Phi) is 2.92. The van der Waals surface area contributed by atoms with Gasteiger partial charge in [0.2, 0.25) is 0 Å². The van der Waals surface area contributed by atoms with Crippen LogP contribution in [-0.4, -0.2) is 45.0 Å². The molecule has 3 rings (SSSR count). The second kappa shape index (κ2) is 4.42. The van der Waals surface area contributed by atoms with Crippen molar-refractivity contribution >= 4 is 18.0 Å². The average molecular weight is 253 g/mol. The Morgan fingerprint density at radius 2 is 2.59 bits per heavy atom. The molecule has 2 aliphatic rings. The summed E-state index contributed by atoms with van der Waals surface area (Å²) in [4.78, 5) is 10.6. The highest BCUT2D eigenvalue weighted by Gasteiger charge is 2.41. The molecule has 2 unspecified atom stereocenters. The van der Waals surface area contributed by atoms with Crippen molar-refractivity contribution < 1.29 is 9.53 Å². The van der Waals surface area contributed by atoms with Gasteiger partial charge in [0.05, 0.1) is 17.8 Å². The standard InChI is InChI=1S/C11H15N3O2S/c15-7-9-6-14(13-12-9)10-1-3-16-11(5-10)2-4-17-8-11/h6-7,10H,1-5,8H2. The van der Waals surface area contributed by atoms with Gasteiger partial charge in [0.25, 0.3) is 0 Å². The minimum Gasteiger partial charge on any atom is -0.374 e. The molecule has 2 saturated heterocycles. The van der Waals surface area contributed by atoms with E-state index < -0.39 is 0 Å². The number of carbonyl (C=O) groups excluding carboxylic acids is 1. The predicted octanol–water partition coefficient (Wildman–Crippen LogP) is 1.32. The summed E-state index contributed by atoms with van der Waals surface area (Å²) in [6.07, 6.45) is 5.54. The highest BCUT2D eigenvalue weighted by Crippen LogP contribution is 2.41. The van der Waals surface area contributed by atoms with E-state index in [4.69, 9.17) is 4.74 Å². The number of hydrogen-bond acceptors (Lipinski definition) is 5. The summed E-state index contributed by atoms with van der Waals surface area (Å²) in [5.74, 6) is 2.27. The van der Waals surface area contributed by atoms with Gasteiger partial charge in [-0.25, -0.2) is 4.68 Å². The molecular formula is C11H15N3O2S. The molecule has 1 aromatic heterocycles. The molecule has 0 aliphatic carbocycles. The molecule has 92 valence electrons. The van der Waals surface area contributed by atoms with E-state index in [1.807, 2.05) is 16.4 Å². The molecule has 0 N–H and O–H groups in total. The Labute approximate surface area is 104 Å². The van der Waals surface area contributed by atoms with Crippen molar-refractivity contribution in [1.82, 2.24) is 15.0 Å². The van der Waals surface area contributed by atoms with E-state index in [-0.39, 0.29) is 5.60 Å². The van der Waals surface area contributed by atoms with Gasteiger partial charge in [0.1, 0.15) is 5.69 Å². The number of aldehydes is 1. The van der Waals surface area contributed by atoms with Crippen LogP contribution in [0.15, 0.2) is 6.20 Å². The lowest BCUT2D eigenvalue weighted by Crippen LogP contribution is -2.40. The molecule has 17 heavy (non-hydrogen) atoms. The summed E-state index contributed by atoms with van der Waals surface area (Å²) in [6.45, 7) is 0.779. The largest absolute Gasteiger partial charge is 0.374 e. The molecule has 2 aliphatic heterocycles. The number of ether oxygens (including phenoxy) is 1. The first-order valence-corrected chi connectivity index (χ1v) is 7.06. The highest BCUT2D eigenvalue weighted by molar-refractivity contribution is 7.99. The van der Waals surface area contributed by atoms with Crippen molar-refractivity contribution in [2.24, 2.45) is 0 Å². The van der Waals surface area contributed by atoms with Gasteiger partial charge in [-0.1, -0.05) is 5.21 Å². The number of rotatable bonds is 2. The minimum atomic E-state index is 0.0425. The maximum Gasteiger partial charge on any atom is 0.171 e. The molecule has 2 atom stereocenters. The Morgan fingerprint density at radius 1 is 1.65 bits per heavy atom. The zero-order valence-corrected chi connectivity index (χ0v) is 10.4. The molecule has 3 heterocycles. The van der Waals surface area contributed by atoms with Crippen LogP contribution in [0.4, 0.5) is 0 Å². The average Bonchev–Trinajstić information content (AvgIpc) is 2.99. The SMILES string of the molecule is O=Cc1cn(C2CCOC3(CCSC3)C2)nn1. The molecule has 1 spiro atoms. The molecule has 6 heteroatoms. The normalized spacial score (nSPS) is 33.1. The fraction of sp³-hybridized carbons (Fsp3) is 0.727. The summed E-state index contributed by atoms with van der Waals surface area (Å²) in [5, 5.41) is 7.86. The van der Waals surface area contributed by atoms with Crippen molar-refractivity contribution in [1.29, 1.82) is 0 Å². The second-order valence-electron chi connectivity index (χ2n) is 4.72. The molecule has 0 radical (unpaired) electrons. The molecule has 0 saturated carbocycles. The first-order chi connectivity index (χ1) is 8.31. The molecule has 0 amide bonds. The van der Waals surface area contributed by atoms with Crippen LogP contribution >= 0.6 is 11.8 Å². The van der Waals surface area contributed by atoms with Crippen molar-refractivity contribution in [3.8, 4) is 0 Å². The number of aromatic nitrogens is 3. The maximum absolute atomic E-state index is 10.6. The van der Waals surface area contributed by atoms with Crippen LogP contribution in [0.25, 0.3) is 0 Å². The molecule has 0 aromatic carbocycles. The summed E-state index contributed by atoms with van der Waals surface area (Å²) in [6, 6.07) is 0.323. The Bertz CT molecular complexity index is 415. The van der Waals surface area contributed by atoms with E-state index in [9.17, 15) is 4.79 Å². The molecule has 1 aromatic rings. The van der Waals surface area contributed by atoms with Crippen molar-refractivity contribution in [3.05, 3.63) is 11.9 Å². The first kappa shape index (κ1) is 11.2. The highest BCUT2D eigenvalue weighted by atomic mass is 32.2. The number of hydrogen-bond donors (Lipinski definition) is 0. The summed E-state index contributed by atoms with van der Waals surface area (Å²) in [7, 11) is 0. The summed E-state index contributed by atoms with van der Waals surface area (Å²) in [5.41, 5.74) is 0.451. The van der Waals surface area contributed by atoms with Gasteiger partial charge in [-0.15, -0.1) is 5.10 Å². The van der Waals surface area contributed by atoms with Crippen LogP contribution in [-0.2, 0) is 4.74 Å². The van der Waals surface area contributed by atoms with Crippen LogP contribution < -0.4 is 0 Å². The fourth-order valence-electron chi connectivity index (χ4n) is 2.61. The van der Waals surface area contributed by atoms with Gasteiger partial charge in [-0.3, -0.25) is 4.79 Å². The fourth-order valence-corrected chi connectivity index (χ4v) is 3.99. The number of thioether (sulfide) groups is 1. The third-order valence-corrected chi connectivity index (χ3v) is 4.78. The zero-order valence-electron chi connectivity index (χ0n) is 9.54. The monoisotopic (exact) mass is 253 g/mol. The lowest BCUT2D eigenvalue weighted by atomic mass is 9.90. The van der Waals surface area contributed by atoms with Gasteiger partial charge in [0, 0.05) is 12.4 Å². The van der Waals surface area contributed by atoms with Gasteiger partial charge < -0.3 is 4.74 Å². The summed E-state index contributed by atoms with van der Waals surface area (Å²) < 4.78 is 7.79. The van der Waals surface area contributed by atoms with E-state index in [2.05, 4.69) is 10.3 Å². The van der Waals surface area contributed by atoms with Crippen LogP contribution in [0.3, 0.4) is 0 Å². The maximum atomic E-state index is 10.6. The molecular weight excluding hydrogens is 238 g/mol.